The van der Waals surface area contributed by atoms with E-state index in [1.54, 1.807) is 4.90 Å². The zero-order valence-corrected chi connectivity index (χ0v) is 19.2. The highest BCUT2D eigenvalue weighted by atomic mass is 16.6. The van der Waals surface area contributed by atoms with E-state index in [1.165, 1.54) is 0 Å². The minimum absolute atomic E-state index is 0.157. The first-order valence-electron chi connectivity index (χ1n) is 11.5. The predicted molar refractivity (Wildman–Crippen MR) is 118 cm³/mol. The first-order valence-corrected chi connectivity index (χ1v) is 11.5. The van der Waals surface area contributed by atoms with Gasteiger partial charge in [-0.3, -0.25) is 14.9 Å². The van der Waals surface area contributed by atoms with Crippen LogP contribution in [0.5, 0.6) is 0 Å². The van der Waals surface area contributed by atoms with E-state index in [-0.39, 0.29) is 17.9 Å². The van der Waals surface area contributed by atoms with Crippen molar-refractivity contribution in [1.82, 2.24) is 20.2 Å². The molecule has 3 aliphatic rings. The molecular weight excluding hydrogens is 410 g/mol. The van der Waals surface area contributed by atoms with Gasteiger partial charge in [0.05, 0.1) is 5.41 Å². The summed E-state index contributed by atoms with van der Waals surface area (Å²) in [7, 11) is 0. The molecule has 3 fully saturated rings. The number of hydrogen-bond acceptors (Lipinski definition) is 7. The maximum Gasteiger partial charge on any atom is 0.410 e. The Balaban J connectivity index is 1.34. The highest BCUT2D eigenvalue weighted by molar-refractivity contribution is 5.99. The Bertz CT molecular complexity index is 873. The number of imide groups is 1. The van der Waals surface area contributed by atoms with Crippen molar-refractivity contribution in [2.45, 2.75) is 70.8 Å². The molecule has 9 nitrogen and oxygen atoms in total. The Morgan fingerprint density at radius 1 is 1.12 bits per heavy atom. The minimum atomic E-state index is -0.525. The van der Waals surface area contributed by atoms with Crippen LogP contribution in [0.4, 0.5) is 10.7 Å². The maximum atomic E-state index is 12.6. The first-order chi connectivity index (χ1) is 15.2. The summed E-state index contributed by atoms with van der Waals surface area (Å²) in [5.74, 6) is 0.603. The smallest absolute Gasteiger partial charge is 0.410 e. The van der Waals surface area contributed by atoms with Crippen LogP contribution in [-0.4, -0.2) is 64.6 Å². The topological polar surface area (TPSA) is 105 Å². The number of nitrogens with one attached hydrogen (secondary N) is 1. The van der Waals surface area contributed by atoms with Crippen molar-refractivity contribution in [2.24, 2.45) is 5.41 Å². The van der Waals surface area contributed by atoms with Crippen molar-refractivity contribution >= 4 is 23.9 Å². The number of amides is 3. The molecule has 0 bridgehead atoms. The number of nitrogens with zero attached hydrogens (tertiary/aromatic N) is 4. The van der Waals surface area contributed by atoms with Gasteiger partial charge in [-0.15, -0.1) is 0 Å². The van der Waals surface area contributed by atoms with Gasteiger partial charge < -0.3 is 14.5 Å². The van der Waals surface area contributed by atoms with Crippen molar-refractivity contribution in [3.05, 3.63) is 18.0 Å². The van der Waals surface area contributed by atoms with Crippen molar-refractivity contribution < 1.29 is 19.1 Å². The Kier molecular flexibility index (Phi) is 6.09. The molecule has 1 atom stereocenters. The zero-order chi connectivity index (χ0) is 22.9. The lowest BCUT2D eigenvalue weighted by atomic mass is 9.82. The molecule has 0 radical (unpaired) electrons. The number of piperidine rings is 1. The van der Waals surface area contributed by atoms with Gasteiger partial charge in [0.25, 0.3) is 0 Å². The first kappa shape index (κ1) is 22.5. The van der Waals surface area contributed by atoms with Gasteiger partial charge >= 0.3 is 6.09 Å². The fourth-order valence-electron chi connectivity index (χ4n) is 4.88. The van der Waals surface area contributed by atoms with Crippen molar-refractivity contribution in [3.8, 4) is 0 Å². The fourth-order valence-corrected chi connectivity index (χ4v) is 4.88. The SMILES string of the molecule is CC(C)(C)OC(=O)N1CCC(c2cnc(N3CCC4(CCCC(=O)NC4=O)C3)nc2)CC1. The number of anilines is 1. The number of likely N-dealkylation sites (tertiary alicyclic amines) is 1. The molecule has 1 N–H and O–H groups in total. The van der Waals surface area contributed by atoms with E-state index in [0.29, 0.717) is 50.9 Å². The third kappa shape index (κ3) is 4.86. The van der Waals surface area contributed by atoms with Crippen molar-refractivity contribution in [3.63, 3.8) is 0 Å². The highest BCUT2D eigenvalue weighted by Gasteiger charge is 2.46. The summed E-state index contributed by atoms with van der Waals surface area (Å²) in [5.41, 5.74) is 0.0609. The van der Waals surface area contributed by atoms with Gasteiger partial charge in [0.15, 0.2) is 0 Å². The van der Waals surface area contributed by atoms with Crippen LogP contribution in [0.2, 0.25) is 0 Å². The molecule has 1 aromatic rings. The Labute approximate surface area is 188 Å². The van der Waals surface area contributed by atoms with Gasteiger partial charge in [-0.2, -0.15) is 0 Å². The number of rotatable bonds is 2. The molecule has 174 valence electrons. The van der Waals surface area contributed by atoms with Crippen LogP contribution in [0.3, 0.4) is 0 Å². The van der Waals surface area contributed by atoms with Gasteiger partial charge in [0, 0.05) is 45.0 Å². The fraction of sp³-hybridized carbons (Fsp3) is 0.696. The molecule has 3 saturated heterocycles. The summed E-state index contributed by atoms with van der Waals surface area (Å²) < 4.78 is 5.47. The highest BCUT2D eigenvalue weighted by Crippen LogP contribution is 2.38. The normalized spacial score (nSPS) is 25.1. The molecule has 0 aliphatic carbocycles. The zero-order valence-electron chi connectivity index (χ0n) is 19.2. The van der Waals surface area contributed by atoms with E-state index in [0.717, 1.165) is 31.2 Å². The molecule has 3 aliphatic heterocycles. The third-order valence-corrected chi connectivity index (χ3v) is 6.71. The van der Waals surface area contributed by atoms with Crippen LogP contribution in [0.1, 0.15) is 70.8 Å². The number of hydrogen-bond donors (Lipinski definition) is 1. The van der Waals surface area contributed by atoms with E-state index in [2.05, 4.69) is 15.3 Å². The van der Waals surface area contributed by atoms with Gasteiger partial charge in [-0.1, -0.05) is 0 Å². The molecule has 0 aromatic carbocycles. The van der Waals surface area contributed by atoms with Crippen molar-refractivity contribution in [1.29, 1.82) is 0 Å². The Hall–Kier alpha value is -2.71. The van der Waals surface area contributed by atoms with Gasteiger partial charge in [0.2, 0.25) is 17.8 Å². The van der Waals surface area contributed by atoms with Crippen LogP contribution in [-0.2, 0) is 14.3 Å². The molecule has 4 rings (SSSR count). The number of aromatic nitrogens is 2. The number of carbonyl (C=O) groups excluding carboxylic acids is 3. The molecule has 3 amide bonds. The third-order valence-electron chi connectivity index (χ3n) is 6.71. The Morgan fingerprint density at radius 2 is 1.81 bits per heavy atom. The van der Waals surface area contributed by atoms with Gasteiger partial charge in [-0.25, -0.2) is 14.8 Å². The van der Waals surface area contributed by atoms with Crippen LogP contribution in [0.25, 0.3) is 0 Å². The lowest BCUT2D eigenvalue weighted by molar-refractivity contribution is -0.134. The van der Waals surface area contributed by atoms with E-state index in [4.69, 9.17) is 4.74 Å². The largest absolute Gasteiger partial charge is 0.444 e. The number of carbonyl (C=O) groups is 3. The van der Waals surface area contributed by atoms with E-state index < -0.39 is 11.0 Å². The van der Waals surface area contributed by atoms with Crippen LogP contribution >= 0.6 is 0 Å². The summed E-state index contributed by atoms with van der Waals surface area (Å²) >= 11 is 0. The lowest BCUT2D eigenvalue weighted by Gasteiger charge is -2.33. The van der Waals surface area contributed by atoms with E-state index in [9.17, 15) is 14.4 Å². The average Bonchev–Trinajstić information content (AvgIpc) is 3.12. The average molecular weight is 444 g/mol. The molecule has 9 heteroatoms. The quantitative estimate of drug-likeness (QED) is 0.701. The van der Waals surface area contributed by atoms with Gasteiger partial charge in [0.1, 0.15) is 5.60 Å². The van der Waals surface area contributed by atoms with E-state index in [1.807, 2.05) is 38.1 Å². The monoisotopic (exact) mass is 443 g/mol. The van der Waals surface area contributed by atoms with Crippen LogP contribution in [0.15, 0.2) is 12.4 Å². The van der Waals surface area contributed by atoms with Gasteiger partial charge in [-0.05, 0) is 64.4 Å². The second-order valence-electron chi connectivity index (χ2n) is 10.2. The van der Waals surface area contributed by atoms with E-state index >= 15 is 0 Å². The maximum absolute atomic E-state index is 12.6. The Morgan fingerprint density at radius 3 is 2.47 bits per heavy atom. The minimum Gasteiger partial charge on any atom is -0.444 e. The molecule has 1 aromatic heterocycles. The summed E-state index contributed by atoms with van der Waals surface area (Å²) in [5, 5.41) is 2.54. The molecule has 1 spiro atoms. The predicted octanol–water partition coefficient (Wildman–Crippen LogP) is 2.61. The molecule has 1 unspecified atom stereocenters. The standard InChI is InChI=1S/C23H33N5O4/c1-22(2,3)32-21(31)27-10-6-16(7-11-27)17-13-24-20(25-14-17)28-12-9-23(15-28)8-4-5-18(29)26-19(23)30/h13-14,16H,4-12,15H2,1-3H3,(H,26,29,30). The summed E-state index contributed by atoms with van der Waals surface area (Å²) in [6, 6.07) is 0. The molecule has 32 heavy (non-hydrogen) atoms. The molecular formula is C23H33N5O4. The van der Waals surface area contributed by atoms with Crippen molar-refractivity contribution in [2.75, 3.05) is 31.1 Å². The second kappa shape index (κ2) is 8.67. The lowest BCUT2D eigenvalue weighted by Crippen LogP contribution is -2.43. The summed E-state index contributed by atoms with van der Waals surface area (Å²) in [6.07, 6.45) is 7.76. The van der Waals surface area contributed by atoms with Crippen LogP contribution < -0.4 is 10.2 Å². The molecule has 4 heterocycles. The second-order valence-corrected chi connectivity index (χ2v) is 10.2. The molecule has 0 saturated carbocycles. The summed E-state index contributed by atoms with van der Waals surface area (Å²) in [6.45, 7) is 8.18. The number of ether oxygens (including phenoxy) is 1. The summed E-state index contributed by atoms with van der Waals surface area (Å²) in [4.78, 5) is 49.6. The van der Waals surface area contributed by atoms with Crippen LogP contribution in [0, 0.1) is 5.41 Å².